The van der Waals surface area contributed by atoms with E-state index >= 15 is 0 Å². The largest absolute Gasteiger partial charge is 0.352 e. The number of carbonyl (C=O) groups is 1. The second kappa shape index (κ2) is 5.80. The zero-order valence-corrected chi connectivity index (χ0v) is 12.0. The Labute approximate surface area is 112 Å². The molecule has 18 heavy (non-hydrogen) atoms. The fourth-order valence-electron chi connectivity index (χ4n) is 1.76. The molecule has 1 amide bonds. The van der Waals surface area contributed by atoms with Gasteiger partial charge in [-0.15, -0.1) is 11.3 Å². The van der Waals surface area contributed by atoms with Crippen molar-refractivity contribution in [1.82, 2.24) is 15.6 Å². The first-order valence-electron chi connectivity index (χ1n) is 6.61. The monoisotopic (exact) mass is 267 g/mol. The SMILES string of the molecule is CCc1cnc(C(C)NC(C)C(=O)NC2CC2)s1. The summed E-state index contributed by atoms with van der Waals surface area (Å²) in [6.07, 6.45) is 5.19. The zero-order valence-electron chi connectivity index (χ0n) is 11.2. The second-order valence-electron chi connectivity index (χ2n) is 4.91. The molecular weight excluding hydrogens is 246 g/mol. The number of hydrogen-bond donors (Lipinski definition) is 2. The predicted molar refractivity (Wildman–Crippen MR) is 73.7 cm³/mol. The van der Waals surface area contributed by atoms with Gasteiger partial charge < -0.3 is 5.32 Å². The number of carbonyl (C=O) groups excluding carboxylic acids is 1. The third-order valence-electron chi connectivity index (χ3n) is 3.11. The summed E-state index contributed by atoms with van der Waals surface area (Å²) in [6, 6.07) is 0.369. The highest BCUT2D eigenvalue weighted by molar-refractivity contribution is 7.11. The Morgan fingerprint density at radius 2 is 2.28 bits per heavy atom. The van der Waals surface area contributed by atoms with Crippen LogP contribution in [-0.4, -0.2) is 23.0 Å². The van der Waals surface area contributed by atoms with E-state index in [0.29, 0.717) is 6.04 Å². The van der Waals surface area contributed by atoms with E-state index in [1.807, 2.05) is 13.1 Å². The number of rotatable bonds is 6. The van der Waals surface area contributed by atoms with Gasteiger partial charge in [0, 0.05) is 17.1 Å². The topological polar surface area (TPSA) is 54.0 Å². The van der Waals surface area contributed by atoms with E-state index in [2.05, 4.69) is 29.5 Å². The molecule has 1 fully saturated rings. The van der Waals surface area contributed by atoms with E-state index in [1.165, 1.54) is 4.88 Å². The Morgan fingerprint density at radius 1 is 1.56 bits per heavy atom. The number of aromatic nitrogens is 1. The molecule has 1 aromatic rings. The van der Waals surface area contributed by atoms with Crippen LogP contribution in [-0.2, 0) is 11.2 Å². The standard InChI is InChI=1S/C13H21N3OS/c1-4-11-7-14-13(18-11)9(3)15-8(2)12(17)16-10-5-6-10/h7-10,15H,4-6H2,1-3H3,(H,16,17). The molecule has 5 heteroatoms. The summed E-state index contributed by atoms with van der Waals surface area (Å²) in [4.78, 5) is 17.5. The summed E-state index contributed by atoms with van der Waals surface area (Å²) in [5, 5.41) is 7.36. The molecule has 0 saturated heterocycles. The van der Waals surface area contributed by atoms with Gasteiger partial charge in [0.15, 0.2) is 0 Å². The Balaban J connectivity index is 1.85. The van der Waals surface area contributed by atoms with Gasteiger partial charge in [-0.2, -0.15) is 0 Å². The molecule has 2 rings (SSSR count). The molecule has 1 saturated carbocycles. The van der Waals surface area contributed by atoms with Crippen molar-refractivity contribution >= 4 is 17.2 Å². The molecular formula is C13H21N3OS. The summed E-state index contributed by atoms with van der Waals surface area (Å²) < 4.78 is 0. The summed E-state index contributed by atoms with van der Waals surface area (Å²) in [6.45, 7) is 6.09. The zero-order chi connectivity index (χ0) is 13.1. The van der Waals surface area contributed by atoms with Crippen LogP contribution in [0.25, 0.3) is 0 Å². The normalized spacial score (nSPS) is 18.4. The molecule has 2 unspecified atom stereocenters. The van der Waals surface area contributed by atoms with Crippen molar-refractivity contribution in [1.29, 1.82) is 0 Å². The molecule has 0 bridgehead atoms. The van der Waals surface area contributed by atoms with Crippen molar-refractivity contribution in [2.24, 2.45) is 0 Å². The average Bonchev–Trinajstić information content (AvgIpc) is 3.03. The van der Waals surface area contributed by atoms with Crippen molar-refractivity contribution < 1.29 is 4.79 Å². The van der Waals surface area contributed by atoms with Gasteiger partial charge in [0.25, 0.3) is 0 Å². The molecule has 1 aromatic heterocycles. The molecule has 100 valence electrons. The van der Waals surface area contributed by atoms with Crippen molar-refractivity contribution in [3.05, 3.63) is 16.1 Å². The van der Waals surface area contributed by atoms with E-state index in [9.17, 15) is 4.79 Å². The summed E-state index contributed by atoms with van der Waals surface area (Å²) in [5.74, 6) is 0.0941. The first-order valence-corrected chi connectivity index (χ1v) is 7.42. The highest BCUT2D eigenvalue weighted by Crippen LogP contribution is 2.21. The molecule has 2 N–H and O–H groups in total. The molecule has 2 atom stereocenters. The second-order valence-corrected chi connectivity index (χ2v) is 6.06. The lowest BCUT2D eigenvalue weighted by Gasteiger charge is -2.17. The van der Waals surface area contributed by atoms with Gasteiger partial charge >= 0.3 is 0 Å². The van der Waals surface area contributed by atoms with Gasteiger partial charge in [-0.05, 0) is 33.1 Å². The van der Waals surface area contributed by atoms with Gasteiger partial charge in [-0.25, -0.2) is 4.98 Å². The molecule has 4 nitrogen and oxygen atoms in total. The van der Waals surface area contributed by atoms with Crippen LogP contribution in [0.5, 0.6) is 0 Å². The maximum Gasteiger partial charge on any atom is 0.237 e. The fraction of sp³-hybridized carbons (Fsp3) is 0.692. The average molecular weight is 267 g/mol. The molecule has 0 spiro atoms. The first kappa shape index (κ1) is 13.5. The highest BCUT2D eigenvalue weighted by atomic mass is 32.1. The fourth-order valence-corrected chi connectivity index (χ4v) is 2.63. The van der Waals surface area contributed by atoms with Crippen LogP contribution < -0.4 is 10.6 Å². The van der Waals surface area contributed by atoms with E-state index in [-0.39, 0.29) is 18.0 Å². The van der Waals surface area contributed by atoms with Crippen LogP contribution in [0.3, 0.4) is 0 Å². The van der Waals surface area contributed by atoms with Crippen LogP contribution in [0.2, 0.25) is 0 Å². The Hall–Kier alpha value is -0.940. The highest BCUT2D eigenvalue weighted by Gasteiger charge is 2.26. The van der Waals surface area contributed by atoms with E-state index in [1.54, 1.807) is 11.3 Å². The minimum atomic E-state index is -0.172. The number of amides is 1. The summed E-state index contributed by atoms with van der Waals surface area (Å²) in [7, 11) is 0. The maximum atomic E-state index is 11.8. The van der Waals surface area contributed by atoms with Gasteiger partial charge in [0.1, 0.15) is 5.01 Å². The third-order valence-corrected chi connectivity index (χ3v) is 4.43. The number of thiazole rings is 1. The molecule has 0 aliphatic heterocycles. The van der Waals surface area contributed by atoms with Crippen molar-refractivity contribution in [2.75, 3.05) is 0 Å². The van der Waals surface area contributed by atoms with E-state index in [4.69, 9.17) is 0 Å². The molecule has 0 radical (unpaired) electrons. The lowest BCUT2D eigenvalue weighted by Crippen LogP contribution is -2.43. The maximum absolute atomic E-state index is 11.8. The summed E-state index contributed by atoms with van der Waals surface area (Å²) in [5.41, 5.74) is 0. The predicted octanol–water partition coefficient (Wildman–Crippen LogP) is 2.02. The first-order chi connectivity index (χ1) is 8.60. The van der Waals surface area contributed by atoms with Gasteiger partial charge in [-0.1, -0.05) is 6.92 Å². The smallest absolute Gasteiger partial charge is 0.237 e. The summed E-state index contributed by atoms with van der Waals surface area (Å²) >= 11 is 1.72. The molecule has 1 heterocycles. The van der Waals surface area contributed by atoms with Crippen LogP contribution >= 0.6 is 11.3 Å². The van der Waals surface area contributed by atoms with Crippen LogP contribution in [0.1, 0.15) is 49.5 Å². The van der Waals surface area contributed by atoms with Gasteiger partial charge in [0.2, 0.25) is 5.91 Å². The Morgan fingerprint density at radius 3 is 2.83 bits per heavy atom. The minimum Gasteiger partial charge on any atom is -0.352 e. The molecule has 1 aliphatic rings. The van der Waals surface area contributed by atoms with Crippen molar-refractivity contribution in [3.8, 4) is 0 Å². The number of hydrogen-bond acceptors (Lipinski definition) is 4. The van der Waals surface area contributed by atoms with Crippen LogP contribution in [0.15, 0.2) is 6.20 Å². The lowest BCUT2D eigenvalue weighted by molar-refractivity contribution is -0.123. The quantitative estimate of drug-likeness (QED) is 0.829. The van der Waals surface area contributed by atoms with Gasteiger partial charge in [-0.3, -0.25) is 10.1 Å². The molecule has 0 aromatic carbocycles. The van der Waals surface area contributed by atoms with Crippen molar-refractivity contribution in [3.63, 3.8) is 0 Å². The van der Waals surface area contributed by atoms with Gasteiger partial charge in [0.05, 0.1) is 12.1 Å². The minimum absolute atomic E-state index is 0.0941. The number of nitrogens with one attached hydrogen (secondary N) is 2. The van der Waals surface area contributed by atoms with Crippen molar-refractivity contribution in [2.45, 2.75) is 58.2 Å². The van der Waals surface area contributed by atoms with Crippen LogP contribution in [0, 0.1) is 0 Å². The number of nitrogens with zero attached hydrogens (tertiary/aromatic N) is 1. The Bertz CT molecular complexity index is 414. The Kier molecular flexibility index (Phi) is 4.35. The number of aryl methyl sites for hydroxylation is 1. The van der Waals surface area contributed by atoms with Crippen LogP contribution in [0.4, 0.5) is 0 Å². The molecule has 1 aliphatic carbocycles. The van der Waals surface area contributed by atoms with E-state index in [0.717, 1.165) is 24.3 Å². The third kappa shape index (κ3) is 3.53. The van der Waals surface area contributed by atoms with E-state index < -0.39 is 0 Å². The lowest BCUT2D eigenvalue weighted by atomic mass is 10.2.